The molecule has 3 aromatic rings. The van der Waals surface area contributed by atoms with E-state index in [1.54, 1.807) is 26.0 Å². The van der Waals surface area contributed by atoms with Crippen LogP contribution in [0.2, 0.25) is 0 Å². The molecule has 6 nitrogen and oxygen atoms in total. The molecule has 0 amide bonds. The number of nitrogens with zero attached hydrogens (tertiary/aromatic N) is 1. The molecule has 1 aromatic heterocycles. The first-order chi connectivity index (χ1) is 12.4. The lowest BCUT2D eigenvalue weighted by Crippen LogP contribution is -2.14. The molecule has 0 spiro atoms. The summed E-state index contributed by atoms with van der Waals surface area (Å²) in [6.45, 7) is 5.47. The van der Waals surface area contributed by atoms with Crippen molar-refractivity contribution < 1.29 is 8.42 Å². The van der Waals surface area contributed by atoms with Gasteiger partial charge in [0, 0.05) is 17.1 Å². The van der Waals surface area contributed by atoms with Gasteiger partial charge in [-0.1, -0.05) is 19.1 Å². The molecule has 0 aliphatic rings. The van der Waals surface area contributed by atoms with Gasteiger partial charge in [0.2, 0.25) is 0 Å². The maximum atomic E-state index is 12.6. The van der Waals surface area contributed by atoms with Crippen LogP contribution < -0.4 is 10.0 Å². The minimum Gasteiger partial charge on any atom is -0.356 e. The van der Waals surface area contributed by atoms with E-state index in [2.05, 4.69) is 39.3 Å². The Kier molecular flexibility index (Phi) is 4.99. The number of rotatable bonds is 6. The Morgan fingerprint density at radius 3 is 1.96 bits per heavy atom. The zero-order chi connectivity index (χ0) is 18.7. The molecule has 0 radical (unpaired) electrons. The lowest BCUT2D eigenvalue weighted by molar-refractivity contribution is 0.600. The highest BCUT2D eigenvalue weighted by Crippen LogP contribution is 2.23. The van der Waals surface area contributed by atoms with Crippen LogP contribution in [0.3, 0.4) is 0 Å². The van der Waals surface area contributed by atoms with E-state index in [1.165, 1.54) is 5.56 Å². The van der Waals surface area contributed by atoms with Crippen molar-refractivity contribution in [3.05, 3.63) is 65.5 Å². The van der Waals surface area contributed by atoms with Gasteiger partial charge in [-0.25, -0.2) is 8.42 Å². The van der Waals surface area contributed by atoms with Crippen LogP contribution in [0.4, 0.5) is 17.1 Å². The van der Waals surface area contributed by atoms with Gasteiger partial charge < -0.3 is 5.32 Å². The number of anilines is 3. The van der Waals surface area contributed by atoms with Crippen molar-refractivity contribution in [1.82, 2.24) is 10.2 Å². The van der Waals surface area contributed by atoms with Gasteiger partial charge in [-0.3, -0.25) is 9.82 Å². The lowest BCUT2D eigenvalue weighted by atomic mass is 10.1. The van der Waals surface area contributed by atoms with Crippen LogP contribution in [0.1, 0.15) is 23.9 Å². The summed E-state index contributed by atoms with van der Waals surface area (Å²) >= 11 is 0. The van der Waals surface area contributed by atoms with Crippen molar-refractivity contribution in [3.63, 3.8) is 0 Å². The van der Waals surface area contributed by atoms with Crippen LogP contribution >= 0.6 is 0 Å². The number of nitrogens with one attached hydrogen (secondary N) is 3. The van der Waals surface area contributed by atoms with Crippen LogP contribution in [-0.4, -0.2) is 18.6 Å². The van der Waals surface area contributed by atoms with Crippen molar-refractivity contribution in [3.8, 4) is 0 Å². The van der Waals surface area contributed by atoms with E-state index in [9.17, 15) is 8.42 Å². The number of aromatic amines is 1. The summed E-state index contributed by atoms with van der Waals surface area (Å²) in [5.74, 6) is 0. The fraction of sp³-hybridized carbons (Fsp3) is 0.211. The number of hydrogen-bond acceptors (Lipinski definition) is 4. The molecule has 0 unspecified atom stereocenters. The second-order valence-corrected chi connectivity index (χ2v) is 7.74. The van der Waals surface area contributed by atoms with Crippen LogP contribution in [0.5, 0.6) is 0 Å². The Morgan fingerprint density at radius 2 is 1.46 bits per heavy atom. The molecule has 0 atom stereocenters. The maximum Gasteiger partial charge on any atom is 0.265 e. The normalized spacial score (nSPS) is 11.3. The Morgan fingerprint density at radius 1 is 0.923 bits per heavy atom. The lowest BCUT2D eigenvalue weighted by Gasteiger charge is -2.10. The fourth-order valence-electron chi connectivity index (χ4n) is 2.75. The molecule has 0 aliphatic carbocycles. The van der Waals surface area contributed by atoms with Crippen LogP contribution in [0.15, 0.2) is 53.4 Å². The number of sulfonamides is 1. The summed E-state index contributed by atoms with van der Waals surface area (Å²) in [5.41, 5.74) is 4.61. The van der Waals surface area contributed by atoms with E-state index in [-0.39, 0.29) is 4.90 Å². The summed E-state index contributed by atoms with van der Waals surface area (Å²) in [6, 6.07) is 15.3. The van der Waals surface area contributed by atoms with Gasteiger partial charge in [0.15, 0.2) is 0 Å². The molecule has 0 bridgehead atoms. The zero-order valence-corrected chi connectivity index (χ0v) is 15.8. The summed E-state index contributed by atoms with van der Waals surface area (Å²) in [6.07, 6.45) is 1.00. The van der Waals surface area contributed by atoms with E-state index in [1.807, 2.05) is 24.3 Å². The Hall–Kier alpha value is -2.80. The monoisotopic (exact) mass is 370 g/mol. The maximum absolute atomic E-state index is 12.6. The van der Waals surface area contributed by atoms with Crippen LogP contribution in [0.25, 0.3) is 0 Å². The average molecular weight is 370 g/mol. The highest BCUT2D eigenvalue weighted by molar-refractivity contribution is 7.92. The summed E-state index contributed by atoms with van der Waals surface area (Å²) in [4.78, 5) is 0.190. The van der Waals surface area contributed by atoms with Gasteiger partial charge in [-0.05, 0) is 62.2 Å². The summed E-state index contributed by atoms with van der Waals surface area (Å²) < 4.78 is 27.7. The number of hydrogen-bond donors (Lipinski definition) is 3. The van der Waals surface area contributed by atoms with Gasteiger partial charge >= 0.3 is 0 Å². The number of aromatic nitrogens is 2. The molecule has 7 heteroatoms. The number of benzene rings is 2. The molecule has 0 saturated heterocycles. The van der Waals surface area contributed by atoms with Crippen molar-refractivity contribution in [2.75, 3.05) is 10.0 Å². The first-order valence-corrected chi connectivity index (χ1v) is 9.88. The third-order valence-electron chi connectivity index (χ3n) is 4.12. The highest BCUT2D eigenvalue weighted by Gasteiger charge is 2.22. The van der Waals surface area contributed by atoms with Gasteiger partial charge in [0.25, 0.3) is 10.0 Å². The topological polar surface area (TPSA) is 86.9 Å². The largest absolute Gasteiger partial charge is 0.356 e. The van der Waals surface area contributed by atoms with Crippen LogP contribution in [-0.2, 0) is 16.4 Å². The summed E-state index contributed by atoms with van der Waals surface area (Å²) in [5, 5.41) is 9.94. The SMILES string of the molecule is CCc1ccc(Nc2ccc(NS(=O)(=O)c3c(C)n[nH]c3C)cc2)cc1. The molecule has 1 heterocycles. The first-order valence-electron chi connectivity index (χ1n) is 8.39. The van der Waals surface area contributed by atoms with Gasteiger partial charge in [-0.2, -0.15) is 5.10 Å². The van der Waals surface area contributed by atoms with Crippen molar-refractivity contribution in [2.24, 2.45) is 0 Å². The van der Waals surface area contributed by atoms with Gasteiger partial charge in [0.1, 0.15) is 4.90 Å². The van der Waals surface area contributed by atoms with E-state index >= 15 is 0 Å². The molecule has 0 aliphatic heterocycles. The summed E-state index contributed by atoms with van der Waals surface area (Å²) in [7, 11) is -3.67. The van der Waals surface area contributed by atoms with E-state index in [4.69, 9.17) is 0 Å². The molecular formula is C19H22N4O2S. The van der Waals surface area contributed by atoms with Gasteiger partial charge in [0.05, 0.1) is 11.4 Å². The minimum absolute atomic E-state index is 0.190. The first kappa shape index (κ1) is 18.0. The number of H-pyrrole nitrogens is 1. The second kappa shape index (κ2) is 7.21. The van der Waals surface area contributed by atoms with E-state index in [0.717, 1.165) is 17.8 Å². The predicted octanol–water partition coefficient (Wildman–Crippen LogP) is 4.13. The minimum atomic E-state index is -3.67. The predicted molar refractivity (Wildman–Crippen MR) is 104 cm³/mol. The third-order valence-corrected chi connectivity index (χ3v) is 5.76. The van der Waals surface area contributed by atoms with Gasteiger partial charge in [-0.15, -0.1) is 0 Å². The van der Waals surface area contributed by atoms with Crippen molar-refractivity contribution >= 4 is 27.1 Å². The smallest absolute Gasteiger partial charge is 0.265 e. The van der Waals surface area contributed by atoms with E-state index in [0.29, 0.717) is 17.1 Å². The second-order valence-electron chi connectivity index (χ2n) is 6.12. The molecule has 0 saturated carbocycles. The highest BCUT2D eigenvalue weighted by atomic mass is 32.2. The average Bonchev–Trinajstić information content (AvgIpc) is 2.96. The van der Waals surface area contributed by atoms with Crippen LogP contribution in [0, 0.1) is 13.8 Å². The quantitative estimate of drug-likeness (QED) is 0.609. The molecular weight excluding hydrogens is 348 g/mol. The third kappa shape index (κ3) is 3.88. The zero-order valence-electron chi connectivity index (χ0n) is 15.0. The molecule has 0 fully saturated rings. The van der Waals surface area contributed by atoms with E-state index < -0.39 is 10.0 Å². The Bertz CT molecular complexity index is 972. The standard InChI is InChI=1S/C19H22N4O2S/c1-4-15-5-7-16(8-6-15)20-17-9-11-18(12-10-17)23-26(24,25)19-13(2)21-22-14(19)3/h5-12,20,23H,4H2,1-3H3,(H,21,22). The molecule has 26 heavy (non-hydrogen) atoms. The molecule has 3 rings (SSSR count). The molecule has 2 aromatic carbocycles. The van der Waals surface area contributed by atoms with Crippen molar-refractivity contribution in [2.45, 2.75) is 32.1 Å². The Labute approximate surface area is 153 Å². The molecule has 136 valence electrons. The number of aryl methyl sites for hydroxylation is 3. The Balaban J connectivity index is 1.73. The fourth-order valence-corrected chi connectivity index (χ4v) is 4.19. The molecule has 3 N–H and O–H groups in total. The van der Waals surface area contributed by atoms with Crippen molar-refractivity contribution in [1.29, 1.82) is 0 Å².